The molecule has 0 aromatic heterocycles. The standard InChI is InChI=1S/C15H23N3O2S/c1-20-13-7-6-10(15(16)18-19)8-11(13)9-17-12-4-3-5-14(12)21-2/h6-8,12,14,17,19H,3-5,9H2,1-2H3,(H2,16,18). The highest BCUT2D eigenvalue weighted by Crippen LogP contribution is 2.29. The molecule has 0 spiro atoms. The topological polar surface area (TPSA) is 79.9 Å². The number of oxime groups is 1. The largest absolute Gasteiger partial charge is 0.496 e. The molecule has 1 aromatic rings. The third-order valence-corrected chi connectivity index (χ3v) is 5.16. The molecule has 21 heavy (non-hydrogen) atoms. The van der Waals surface area contributed by atoms with Crippen LogP contribution in [0.5, 0.6) is 5.75 Å². The quantitative estimate of drug-likeness (QED) is 0.325. The average molecular weight is 309 g/mol. The molecule has 116 valence electrons. The maximum atomic E-state index is 8.79. The van der Waals surface area contributed by atoms with Crippen molar-refractivity contribution in [1.29, 1.82) is 0 Å². The van der Waals surface area contributed by atoms with Crippen molar-refractivity contribution in [2.45, 2.75) is 37.1 Å². The van der Waals surface area contributed by atoms with Crippen molar-refractivity contribution in [2.75, 3.05) is 13.4 Å². The van der Waals surface area contributed by atoms with Crippen LogP contribution >= 0.6 is 11.8 Å². The summed E-state index contributed by atoms with van der Waals surface area (Å²) in [6.45, 7) is 0.720. The van der Waals surface area contributed by atoms with Crippen molar-refractivity contribution in [1.82, 2.24) is 5.32 Å². The Labute approximate surface area is 129 Å². The van der Waals surface area contributed by atoms with Gasteiger partial charge in [-0.2, -0.15) is 11.8 Å². The second-order valence-electron chi connectivity index (χ2n) is 5.20. The summed E-state index contributed by atoms with van der Waals surface area (Å²) in [6, 6.07) is 6.09. The van der Waals surface area contributed by atoms with E-state index in [9.17, 15) is 0 Å². The predicted octanol–water partition coefficient (Wildman–Crippen LogP) is 2.16. The van der Waals surface area contributed by atoms with Crippen LogP contribution in [0.1, 0.15) is 30.4 Å². The molecular formula is C15H23N3O2S. The van der Waals surface area contributed by atoms with E-state index in [0.717, 1.165) is 17.9 Å². The molecule has 0 aliphatic heterocycles. The van der Waals surface area contributed by atoms with Crippen molar-refractivity contribution in [3.8, 4) is 5.75 Å². The molecule has 0 amide bonds. The molecule has 1 aliphatic carbocycles. The van der Waals surface area contributed by atoms with Gasteiger partial charge < -0.3 is 21.0 Å². The molecule has 6 heteroatoms. The van der Waals surface area contributed by atoms with Gasteiger partial charge in [-0.05, 0) is 37.3 Å². The molecule has 0 saturated heterocycles. The SMILES string of the molecule is COc1ccc(/C(N)=N/O)cc1CNC1CCCC1SC. The minimum atomic E-state index is 0.113. The van der Waals surface area contributed by atoms with Crippen molar-refractivity contribution in [3.63, 3.8) is 0 Å². The number of thioether (sulfide) groups is 1. The molecular weight excluding hydrogens is 286 g/mol. The number of nitrogens with zero attached hydrogens (tertiary/aromatic N) is 1. The van der Waals surface area contributed by atoms with Crippen LogP contribution in [0.25, 0.3) is 0 Å². The van der Waals surface area contributed by atoms with E-state index < -0.39 is 0 Å². The molecule has 5 nitrogen and oxygen atoms in total. The highest BCUT2D eigenvalue weighted by atomic mass is 32.2. The van der Waals surface area contributed by atoms with E-state index in [0.29, 0.717) is 16.9 Å². The molecule has 1 aromatic carbocycles. The summed E-state index contributed by atoms with van der Waals surface area (Å²) in [7, 11) is 1.66. The zero-order valence-corrected chi connectivity index (χ0v) is 13.3. The van der Waals surface area contributed by atoms with Gasteiger partial charge in [0.2, 0.25) is 0 Å². The van der Waals surface area contributed by atoms with Crippen LogP contribution in [0, 0.1) is 0 Å². The molecule has 1 saturated carbocycles. The number of nitrogens with one attached hydrogen (secondary N) is 1. The summed E-state index contributed by atoms with van der Waals surface area (Å²) in [5.41, 5.74) is 7.37. The zero-order chi connectivity index (χ0) is 15.2. The number of benzene rings is 1. The number of nitrogens with two attached hydrogens (primary N) is 1. The molecule has 0 heterocycles. The van der Waals surface area contributed by atoms with Gasteiger partial charge in [-0.15, -0.1) is 0 Å². The van der Waals surface area contributed by atoms with Crippen LogP contribution < -0.4 is 15.8 Å². The van der Waals surface area contributed by atoms with Crippen LogP contribution in [0.3, 0.4) is 0 Å². The van der Waals surface area contributed by atoms with E-state index in [1.807, 2.05) is 23.9 Å². The molecule has 4 N–H and O–H groups in total. The maximum Gasteiger partial charge on any atom is 0.170 e. The molecule has 1 fully saturated rings. The van der Waals surface area contributed by atoms with E-state index >= 15 is 0 Å². The minimum Gasteiger partial charge on any atom is -0.496 e. The smallest absolute Gasteiger partial charge is 0.170 e. The highest BCUT2D eigenvalue weighted by molar-refractivity contribution is 7.99. The number of hydrogen-bond acceptors (Lipinski definition) is 5. The maximum absolute atomic E-state index is 8.79. The Bertz CT molecular complexity index is 508. The lowest BCUT2D eigenvalue weighted by atomic mass is 10.1. The summed E-state index contributed by atoms with van der Waals surface area (Å²) < 4.78 is 5.39. The van der Waals surface area contributed by atoms with Gasteiger partial charge in [-0.1, -0.05) is 11.6 Å². The Morgan fingerprint density at radius 1 is 1.52 bits per heavy atom. The van der Waals surface area contributed by atoms with Crippen LogP contribution in [0.15, 0.2) is 23.4 Å². The Morgan fingerprint density at radius 2 is 2.33 bits per heavy atom. The van der Waals surface area contributed by atoms with Gasteiger partial charge in [0.25, 0.3) is 0 Å². The number of ether oxygens (including phenoxy) is 1. The summed E-state index contributed by atoms with van der Waals surface area (Å²) in [5.74, 6) is 0.928. The number of methoxy groups -OCH3 is 1. The number of amidine groups is 1. The number of hydrogen-bond donors (Lipinski definition) is 3. The summed E-state index contributed by atoms with van der Waals surface area (Å²) in [6.07, 6.45) is 5.95. The lowest BCUT2D eigenvalue weighted by Crippen LogP contribution is -2.33. The Kier molecular flexibility index (Phi) is 5.76. The van der Waals surface area contributed by atoms with Gasteiger partial charge in [0.05, 0.1) is 7.11 Å². The average Bonchev–Trinajstić information content (AvgIpc) is 2.99. The predicted molar refractivity (Wildman–Crippen MR) is 87.3 cm³/mol. The Morgan fingerprint density at radius 3 is 3.00 bits per heavy atom. The van der Waals surface area contributed by atoms with Crippen molar-refractivity contribution in [2.24, 2.45) is 10.9 Å². The molecule has 2 unspecified atom stereocenters. The first-order valence-electron chi connectivity index (χ1n) is 7.10. The lowest BCUT2D eigenvalue weighted by molar-refractivity contribution is 0.318. The summed E-state index contributed by atoms with van der Waals surface area (Å²) >= 11 is 1.93. The third-order valence-electron chi connectivity index (χ3n) is 3.99. The van der Waals surface area contributed by atoms with Crippen LogP contribution in [-0.2, 0) is 6.54 Å². The fourth-order valence-electron chi connectivity index (χ4n) is 2.82. The summed E-state index contributed by atoms with van der Waals surface area (Å²) in [5, 5.41) is 16.1. The molecule has 2 rings (SSSR count). The highest BCUT2D eigenvalue weighted by Gasteiger charge is 2.26. The number of rotatable bonds is 6. The van der Waals surface area contributed by atoms with E-state index in [4.69, 9.17) is 15.7 Å². The van der Waals surface area contributed by atoms with Gasteiger partial charge in [0.1, 0.15) is 5.75 Å². The first-order valence-corrected chi connectivity index (χ1v) is 8.39. The monoisotopic (exact) mass is 309 g/mol. The third kappa shape index (κ3) is 3.83. The second-order valence-corrected chi connectivity index (χ2v) is 6.28. The van der Waals surface area contributed by atoms with Gasteiger partial charge in [0, 0.05) is 29.0 Å². The van der Waals surface area contributed by atoms with E-state index in [1.165, 1.54) is 19.3 Å². The molecule has 2 atom stereocenters. The Balaban J connectivity index is 2.10. The van der Waals surface area contributed by atoms with E-state index in [1.54, 1.807) is 13.2 Å². The molecule has 1 aliphatic rings. The zero-order valence-electron chi connectivity index (χ0n) is 12.5. The van der Waals surface area contributed by atoms with Crippen molar-refractivity contribution < 1.29 is 9.94 Å². The van der Waals surface area contributed by atoms with Gasteiger partial charge in [0.15, 0.2) is 5.84 Å². The van der Waals surface area contributed by atoms with Crippen LogP contribution in [0.2, 0.25) is 0 Å². The summed E-state index contributed by atoms with van der Waals surface area (Å²) in [4.78, 5) is 0. The lowest BCUT2D eigenvalue weighted by Gasteiger charge is -2.20. The molecule has 0 bridgehead atoms. The van der Waals surface area contributed by atoms with Crippen molar-refractivity contribution >= 4 is 17.6 Å². The fourth-order valence-corrected chi connectivity index (χ4v) is 3.78. The van der Waals surface area contributed by atoms with Crippen LogP contribution in [-0.4, -0.2) is 35.7 Å². The fraction of sp³-hybridized carbons (Fsp3) is 0.533. The van der Waals surface area contributed by atoms with Crippen LogP contribution in [0.4, 0.5) is 0 Å². The first kappa shape index (κ1) is 16.0. The van der Waals surface area contributed by atoms with Gasteiger partial charge in [-0.3, -0.25) is 0 Å². The van der Waals surface area contributed by atoms with E-state index in [-0.39, 0.29) is 5.84 Å². The molecule has 0 radical (unpaired) electrons. The Hall–Kier alpha value is -1.40. The normalized spacial score (nSPS) is 22.5. The second kappa shape index (κ2) is 7.56. The minimum absolute atomic E-state index is 0.113. The van der Waals surface area contributed by atoms with E-state index in [2.05, 4.69) is 16.7 Å². The van der Waals surface area contributed by atoms with Gasteiger partial charge in [-0.25, -0.2) is 0 Å². The first-order chi connectivity index (χ1) is 10.2. The van der Waals surface area contributed by atoms with Gasteiger partial charge >= 0.3 is 0 Å². The van der Waals surface area contributed by atoms with Crippen molar-refractivity contribution in [3.05, 3.63) is 29.3 Å².